The number of hydrogen-bond donors (Lipinski definition) is 1. The number of nitrogens with one attached hydrogen (secondary N) is 1. The van der Waals surface area contributed by atoms with Gasteiger partial charge in [0.25, 0.3) is 5.91 Å². The first-order valence-electron chi connectivity index (χ1n) is 10.3. The van der Waals surface area contributed by atoms with E-state index in [1.807, 2.05) is 4.90 Å². The quantitative estimate of drug-likeness (QED) is 0.787. The maximum Gasteiger partial charge on any atom is 0.263 e. The predicted molar refractivity (Wildman–Crippen MR) is 116 cm³/mol. The summed E-state index contributed by atoms with van der Waals surface area (Å²) in [6.07, 6.45) is 4.97. The van der Waals surface area contributed by atoms with Crippen molar-refractivity contribution < 1.29 is 9.59 Å². The minimum atomic E-state index is -0.198. The highest BCUT2D eigenvalue weighted by Gasteiger charge is 2.33. The van der Waals surface area contributed by atoms with E-state index < -0.39 is 0 Å². The number of piperidine rings is 1. The molecule has 2 aromatic heterocycles. The molecule has 0 saturated carbocycles. The van der Waals surface area contributed by atoms with E-state index in [2.05, 4.69) is 42.4 Å². The summed E-state index contributed by atoms with van der Waals surface area (Å²) in [6.45, 7) is 8.11. The van der Waals surface area contributed by atoms with Crippen LogP contribution in [0.2, 0.25) is 0 Å². The molecule has 1 fully saturated rings. The van der Waals surface area contributed by atoms with Gasteiger partial charge in [-0.3, -0.25) is 9.59 Å². The van der Waals surface area contributed by atoms with Crippen LogP contribution in [0.25, 0.3) is 0 Å². The third-order valence-electron chi connectivity index (χ3n) is 6.19. The van der Waals surface area contributed by atoms with Crippen molar-refractivity contribution in [2.24, 2.45) is 17.3 Å². The maximum absolute atomic E-state index is 13.2. The van der Waals surface area contributed by atoms with Crippen molar-refractivity contribution in [2.75, 3.05) is 18.4 Å². The van der Waals surface area contributed by atoms with Gasteiger partial charge in [-0.2, -0.15) is 0 Å². The van der Waals surface area contributed by atoms with Crippen LogP contribution in [0.5, 0.6) is 0 Å². The van der Waals surface area contributed by atoms with E-state index in [0.29, 0.717) is 29.6 Å². The Balaban J connectivity index is 1.42. The van der Waals surface area contributed by atoms with Crippen LogP contribution in [0.3, 0.4) is 0 Å². The summed E-state index contributed by atoms with van der Waals surface area (Å²) in [6, 6.07) is 2.12. The zero-order valence-electron chi connectivity index (χ0n) is 17.2. The fourth-order valence-corrected chi connectivity index (χ4v) is 5.96. The number of aromatic nitrogens is 2. The van der Waals surface area contributed by atoms with E-state index >= 15 is 0 Å². The van der Waals surface area contributed by atoms with Crippen LogP contribution in [0.1, 0.15) is 60.1 Å². The van der Waals surface area contributed by atoms with Gasteiger partial charge in [-0.25, -0.2) is 0 Å². The van der Waals surface area contributed by atoms with Crippen LogP contribution in [-0.4, -0.2) is 40.0 Å². The van der Waals surface area contributed by atoms with Crippen molar-refractivity contribution in [1.29, 1.82) is 0 Å². The molecule has 0 unspecified atom stereocenters. The van der Waals surface area contributed by atoms with Crippen molar-refractivity contribution in [2.45, 2.75) is 52.9 Å². The largest absolute Gasteiger partial charge is 0.337 e. The molecule has 1 aliphatic heterocycles. The Morgan fingerprint density at radius 2 is 2.10 bits per heavy atom. The van der Waals surface area contributed by atoms with Crippen LogP contribution in [0.4, 0.5) is 5.13 Å². The van der Waals surface area contributed by atoms with E-state index in [4.69, 9.17) is 0 Å². The molecule has 29 heavy (non-hydrogen) atoms. The number of nitrogens with zero attached hydrogens (tertiary/aromatic N) is 3. The Morgan fingerprint density at radius 1 is 1.28 bits per heavy atom. The molecular weight excluding hydrogens is 404 g/mol. The molecule has 1 aliphatic carbocycles. The average Bonchev–Trinajstić information content (AvgIpc) is 3.35. The zero-order valence-corrected chi connectivity index (χ0v) is 18.9. The number of anilines is 1. The highest BCUT2D eigenvalue weighted by Crippen LogP contribution is 2.40. The molecule has 0 bridgehead atoms. The molecule has 2 aliphatic rings. The zero-order chi connectivity index (χ0) is 20.6. The lowest BCUT2D eigenvalue weighted by Crippen LogP contribution is -2.43. The highest BCUT2D eigenvalue weighted by molar-refractivity contribution is 7.14. The van der Waals surface area contributed by atoms with Crippen LogP contribution in [-0.2, 0) is 17.6 Å². The van der Waals surface area contributed by atoms with E-state index in [0.717, 1.165) is 30.6 Å². The number of hydrogen-bond acceptors (Lipinski definition) is 6. The number of likely N-dealkylation sites (tertiary alicyclic amines) is 1. The summed E-state index contributed by atoms with van der Waals surface area (Å²) in [5.41, 5.74) is 3.24. The Kier molecular flexibility index (Phi) is 5.75. The molecule has 0 aromatic carbocycles. The molecular formula is C21H28N4O2S2. The summed E-state index contributed by atoms with van der Waals surface area (Å²) >= 11 is 2.96. The molecule has 1 saturated heterocycles. The van der Waals surface area contributed by atoms with Crippen LogP contribution >= 0.6 is 22.7 Å². The van der Waals surface area contributed by atoms with E-state index in [9.17, 15) is 9.59 Å². The molecule has 0 spiro atoms. The second kappa shape index (κ2) is 8.14. The van der Waals surface area contributed by atoms with E-state index in [1.165, 1.54) is 28.2 Å². The van der Waals surface area contributed by atoms with Crippen LogP contribution in [0.15, 0.2) is 11.6 Å². The lowest BCUT2D eigenvalue weighted by molar-refractivity contribution is -0.121. The Hall–Kier alpha value is -1.80. The predicted octanol–water partition coefficient (Wildman–Crippen LogP) is 4.24. The first kappa shape index (κ1) is 20.5. The molecule has 0 radical (unpaired) electrons. The maximum atomic E-state index is 13.2. The minimum Gasteiger partial charge on any atom is -0.337 e. The third kappa shape index (κ3) is 4.53. The number of aryl methyl sites for hydroxylation is 1. The van der Waals surface area contributed by atoms with Crippen molar-refractivity contribution in [3.05, 3.63) is 26.9 Å². The smallest absolute Gasteiger partial charge is 0.263 e. The first-order chi connectivity index (χ1) is 13.8. The van der Waals surface area contributed by atoms with E-state index in [-0.39, 0.29) is 17.7 Å². The second-order valence-corrected chi connectivity index (χ2v) is 11.2. The van der Waals surface area contributed by atoms with Gasteiger partial charge in [-0.15, -0.1) is 21.5 Å². The van der Waals surface area contributed by atoms with Crippen molar-refractivity contribution in [3.63, 3.8) is 0 Å². The molecule has 2 atom stereocenters. The second-order valence-electron chi connectivity index (χ2n) is 9.19. The number of fused-ring (bicyclic) bond motifs is 1. The number of thiophene rings is 1. The van der Waals surface area contributed by atoms with Gasteiger partial charge in [0.2, 0.25) is 11.0 Å². The van der Waals surface area contributed by atoms with Crippen molar-refractivity contribution >= 4 is 39.6 Å². The van der Waals surface area contributed by atoms with Crippen molar-refractivity contribution in [1.82, 2.24) is 15.1 Å². The van der Waals surface area contributed by atoms with Crippen molar-refractivity contribution in [3.8, 4) is 0 Å². The normalized spacial score (nSPS) is 22.2. The topological polar surface area (TPSA) is 75.2 Å². The monoisotopic (exact) mass is 432 g/mol. The molecule has 8 heteroatoms. The summed E-state index contributed by atoms with van der Waals surface area (Å²) in [7, 11) is 0. The number of rotatable bonds is 3. The van der Waals surface area contributed by atoms with Gasteiger partial charge in [0.05, 0.1) is 10.8 Å². The molecule has 4 rings (SSSR count). The standard InChI is InChI=1S/C21H28N4O2S2/c1-21(2,3)15-6-7-16-14(9-15)10-17(29-16)19(27)25-8-4-5-13(11-25)18(26)23-20-24-22-12-28-20/h10,12-13,15H,4-9,11H2,1-3H3,(H,23,24,26)/t13-,15-/m1/s1. The molecule has 2 aromatic rings. The highest BCUT2D eigenvalue weighted by atomic mass is 32.1. The van der Waals surface area contributed by atoms with Crippen LogP contribution < -0.4 is 5.32 Å². The number of carbonyl (C=O) groups excluding carboxylic acids is 2. The first-order valence-corrected chi connectivity index (χ1v) is 12.0. The Bertz CT molecular complexity index is 885. The molecule has 1 N–H and O–H groups in total. The average molecular weight is 433 g/mol. The number of amides is 2. The van der Waals surface area contributed by atoms with Gasteiger partial charge in [0.1, 0.15) is 5.51 Å². The van der Waals surface area contributed by atoms with Gasteiger partial charge >= 0.3 is 0 Å². The molecule has 156 valence electrons. The van der Waals surface area contributed by atoms with Gasteiger partial charge in [0.15, 0.2) is 0 Å². The summed E-state index contributed by atoms with van der Waals surface area (Å²) in [5.74, 6) is 0.468. The lowest BCUT2D eigenvalue weighted by atomic mass is 9.72. The number of carbonyl (C=O) groups is 2. The minimum absolute atomic E-state index is 0.0715. The fraction of sp³-hybridized carbons (Fsp3) is 0.619. The summed E-state index contributed by atoms with van der Waals surface area (Å²) in [5, 5.41) is 10.9. The lowest BCUT2D eigenvalue weighted by Gasteiger charge is -2.33. The molecule has 6 nitrogen and oxygen atoms in total. The Labute approximate surface area is 179 Å². The summed E-state index contributed by atoms with van der Waals surface area (Å²) < 4.78 is 0. The summed E-state index contributed by atoms with van der Waals surface area (Å²) in [4.78, 5) is 29.8. The van der Waals surface area contributed by atoms with E-state index in [1.54, 1.807) is 16.8 Å². The Morgan fingerprint density at radius 3 is 2.83 bits per heavy atom. The fourth-order valence-electron chi connectivity index (χ4n) is 4.33. The van der Waals surface area contributed by atoms with Gasteiger partial charge in [-0.05, 0) is 55.1 Å². The van der Waals surface area contributed by atoms with Crippen LogP contribution in [0, 0.1) is 17.3 Å². The SMILES string of the molecule is CC(C)(C)[C@@H]1CCc2sc(C(=O)N3CCC[C@@H](C(=O)Nc4nncs4)C3)cc2C1. The van der Waals surface area contributed by atoms with Gasteiger partial charge < -0.3 is 10.2 Å². The third-order valence-corrected chi connectivity index (χ3v) is 8.02. The van der Waals surface area contributed by atoms with Gasteiger partial charge in [0, 0.05) is 18.0 Å². The molecule has 2 amide bonds. The molecule has 3 heterocycles. The van der Waals surface area contributed by atoms with Gasteiger partial charge in [-0.1, -0.05) is 32.1 Å².